The van der Waals surface area contributed by atoms with Gasteiger partial charge in [0.2, 0.25) is 0 Å². The Bertz CT molecular complexity index is 1050. The van der Waals surface area contributed by atoms with Gasteiger partial charge in [0.15, 0.2) is 0 Å². The standard InChI is InChI=1S/C24H29FN4OS/c1-29-11-10-18(14-29)15-8-9-22(21(25)13-15)31(26)28-24(30)27-23-19-6-2-4-16(19)12-17-5-3-7-20(17)23/h8-9,12-13,18H,2-7,10-11,14H2,1H3,(H3,26,27,28,30). The van der Waals surface area contributed by atoms with E-state index in [4.69, 9.17) is 5.14 Å². The number of nitrogens with one attached hydrogen (secondary N) is 1. The summed E-state index contributed by atoms with van der Waals surface area (Å²) in [6.07, 6.45) is 7.37. The van der Waals surface area contributed by atoms with Gasteiger partial charge in [-0.15, -0.1) is 0 Å². The van der Waals surface area contributed by atoms with Gasteiger partial charge in [0.25, 0.3) is 0 Å². The van der Waals surface area contributed by atoms with E-state index < -0.39 is 16.9 Å². The average Bonchev–Trinajstić information content (AvgIpc) is 3.48. The van der Waals surface area contributed by atoms with Crippen molar-refractivity contribution in [2.24, 2.45) is 9.50 Å². The Hall–Kier alpha value is -2.09. The van der Waals surface area contributed by atoms with Gasteiger partial charge in [-0.05, 0) is 104 Å². The maximum Gasteiger partial charge on any atom is 0.352 e. The van der Waals surface area contributed by atoms with Crippen molar-refractivity contribution in [3.63, 3.8) is 0 Å². The third-order valence-electron chi connectivity index (χ3n) is 6.93. The zero-order chi connectivity index (χ0) is 21.5. The van der Waals surface area contributed by atoms with Crippen LogP contribution in [0.15, 0.2) is 33.5 Å². The maximum absolute atomic E-state index is 14.8. The normalized spacial score (nSPS) is 21.3. The lowest BCUT2D eigenvalue weighted by atomic mass is 9.98. The Labute approximate surface area is 185 Å². The quantitative estimate of drug-likeness (QED) is 0.739. The van der Waals surface area contributed by atoms with E-state index >= 15 is 0 Å². The van der Waals surface area contributed by atoms with E-state index in [1.807, 2.05) is 6.07 Å². The number of anilines is 1. The number of nitrogens with zero attached hydrogens (tertiary/aromatic N) is 2. The molecule has 164 valence electrons. The second-order valence-electron chi connectivity index (χ2n) is 9.01. The van der Waals surface area contributed by atoms with Crippen molar-refractivity contribution in [1.29, 1.82) is 0 Å². The summed E-state index contributed by atoms with van der Waals surface area (Å²) in [5, 5.41) is 9.17. The van der Waals surface area contributed by atoms with Crippen LogP contribution in [0.5, 0.6) is 0 Å². The fourth-order valence-corrected chi connectivity index (χ4v) is 6.17. The van der Waals surface area contributed by atoms with Crippen LogP contribution in [0.3, 0.4) is 0 Å². The van der Waals surface area contributed by atoms with Crippen LogP contribution in [0, 0.1) is 5.82 Å². The average molecular weight is 441 g/mol. The number of carbonyl (C=O) groups is 1. The number of urea groups is 1. The molecule has 0 aromatic heterocycles. The smallest absolute Gasteiger partial charge is 0.306 e. The van der Waals surface area contributed by atoms with E-state index in [-0.39, 0.29) is 10.7 Å². The molecule has 1 heterocycles. The molecule has 1 fully saturated rings. The van der Waals surface area contributed by atoms with Crippen LogP contribution in [-0.2, 0) is 36.6 Å². The van der Waals surface area contributed by atoms with Gasteiger partial charge in [-0.3, -0.25) is 5.14 Å². The summed E-state index contributed by atoms with van der Waals surface area (Å²) in [5.41, 5.74) is 7.12. The topological polar surface area (TPSA) is 70.7 Å². The minimum atomic E-state index is -1.33. The van der Waals surface area contributed by atoms with Crippen molar-refractivity contribution in [1.82, 2.24) is 4.90 Å². The molecule has 5 rings (SSSR count). The SMILES string of the molecule is CN1CCC(c2ccc(/S(N)=N/C(=O)Nc3c4c(cc5c3CCC5)CCC4)c(F)c2)C1. The number of hydrogen-bond donors (Lipinski definition) is 2. The molecule has 0 saturated carbocycles. The van der Waals surface area contributed by atoms with Crippen molar-refractivity contribution in [2.75, 3.05) is 25.5 Å². The predicted molar refractivity (Wildman–Crippen MR) is 123 cm³/mol. The Balaban J connectivity index is 1.36. The second-order valence-corrected chi connectivity index (χ2v) is 10.3. The van der Waals surface area contributed by atoms with E-state index in [1.54, 1.807) is 12.1 Å². The first-order valence-corrected chi connectivity index (χ1v) is 12.4. The molecule has 0 bridgehead atoms. The number of halogens is 1. The maximum atomic E-state index is 14.8. The van der Waals surface area contributed by atoms with Gasteiger partial charge < -0.3 is 10.2 Å². The highest BCUT2D eigenvalue weighted by Gasteiger charge is 2.25. The number of fused-ring (bicyclic) bond motifs is 2. The van der Waals surface area contributed by atoms with Crippen LogP contribution in [-0.4, -0.2) is 31.1 Å². The number of hydrogen-bond acceptors (Lipinski definition) is 2. The largest absolute Gasteiger partial charge is 0.352 e. The number of likely N-dealkylation sites (N-methyl/N-ethyl adjacent to an activating group) is 1. The molecule has 0 radical (unpaired) electrons. The van der Waals surface area contributed by atoms with Crippen molar-refractivity contribution < 1.29 is 9.18 Å². The zero-order valence-electron chi connectivity index (χ0n) is 17.9. The van der Waals surface area contributed by atoms with E-state index in [2.05, 4.69) is 27.7 Å². The summed E-state index contributed by atoms with van der Waals surface area (Å²) in [6, 6.07) is 7.03. The molecule has 0 spiro atoms. The Morgan fingerprint density at radius 3 is 2.48 bits per heavy atom. The van der Waals surface area contributed by atoms with E-state index in [0.717, 1.165) is 69.3 Å². The summed E-state index contributed by atoms with van der Waals surface area (Å²) in [6.45, 7) is 1.96. The zero-order valence-corrected chi connectivity index (χ0v) is 18.7. The summed E-state index contributed by atoms with van der Waals surface area (Å²) in [5.74, 6) is -0.0356. The van der Waals surface area contributed by atoms with Gasteiger partial charge in [0, 0.05) is 23.1 Å². The van der Waals surface area contributed by atoms with Gasteiger partial charge in [0.1, 0.15) is 5.82 Å². The molecule has 2 unspecified atom stereocenters. The molecule has 7 heteroatoms. The number of aryl methyl sites for hydroxylation is 2. The second kappa shape index (κ2) is 8.45. The van der Waals surface area contributed by atoms with Crippen LogP contribution in [0.25, 0.3) is 0 Å². The monoisotopic (exact) mass is 440 g/mol. The molecular formula is C24H29FN4OS. The molecule has 2 aliphatic carbocycles. The number of amides is 2. The first-order valence-electron chi connectivity index (χ1n) is 11.2. The summed E-state index contributed by atoms with van der Waals surface area (Å²) in [4.78, 5) is 15.3. The minimum Gasteiger partial charge on any atom is -0.306 e. The molecule has 2 atom stereocenters. The van der Waals surface area contributed by atoms with Crippen LogP contribution in [0.1, 0.15) is 53.0 Å². The molecule has 2 aromatic carbocycles. The molecule has 3 N–H and O–H groups in total. The van der Waals surface area contributed by atoms with Gasteiger partial charge in [0.05, 0.1) is 4.90 Å². The molecule has 2 aromatic rings. The fraction of sp³-hybridized carbons (Fsp3) is 0.458. The van der Waals surface area contributed by atoms with Gasteiger partial charge in [-0.25, -0.2) is 9.18 Å². The highest BCUT2D eigenvalue weighted by Crippen LogP contribution is 2.38. The van der Waals surface area contributed by atoms with Gasteiger partial charge >= 0.3 is 6.03 Å². The predicted octanol–water partition coefficient (Wildman–Crippen LogP) is 4.49. The number of rotatable bonds is 3. The van der Waals surface area contributed by atoms with Gasteiger partial charge in [-0.1, -0.05) is 12.1 Å². The first kappa shape index (κ1) is 20.8. The Morgan fingerprint density at radius 1 is 1.16 bits per heavy atom. The third-order valence-corrected chi connectivity index (χ3v) is 8.07. The number of nitrogens with two attached hydrogens (primary N) is 1. The fourth-order valence-electron chi connectivity index (χ4n) is 5.38. The summed E-state index contributed by atoms with van der Waals surface area (Å²) in [7, 11) is 0.746. The third kappa shape index (κ3) is 4.06. The molecule has 3 aliphatic rings. The molecule has 1 saturated heterocycles. The number of likely N-dealkylation sites (tertiary alicyclic amines) is 1. The summed E-state index contributed by atoms with van der Waals surface area (Å²) >= 11 is 0. The lowest BCUT2D eigenvalue weighted by molar-refractivity contribution is 0.260. The number of benzene rings is 2. The molecular weight excluding hydrogens is 411 g/mol. The highest BCUT2D eigenvalue weighted by molar-refractivity contribution is 7.85. The van der Waals surface area contributed by atoms with Crippen LogP contribution in [0.2, 0.25) is 0 Å². The van der Waals surface area contributed by atoms with E-state index in [1.165, 1.54) is 22.3 Å². The summed E-state index contributed by atoms with van der Waals surface area (Å²) < 4.78 is 18.9. The van der Waals surface area contributed by atoms with Crippen LogP contribution < -0.4 is 10.5 Å². The number of carbonyl (C=O) groups excluding carboxylic acids is 1. The lowest BCUT2D eigenvalue weighted by Crippen LogP contribution is -2.16. The van der Waals surface area contributed by atoms with Crippen molar-refractivity contribution in [3.8, 4) is 0 Å². The Kier molecular flexibility index (Phi) is 5.67. The van der Waals surface area contributed by atoms with Gasteiger partial charge in [-0.2, -0.15) is 4.36 Å². The molecule has 31 heavy (non-hydrogen) atoms. The Morgan fingerprint density at radius 2 is 1.87 bits per heavy atom. The van der Waals surface area contributed by atoms with E-state index in [9.17, 15) is 9.18 Å². The lowest BCUT2D eigenvalue weighted by Gasteiger charge is -2.15. The first-order chi connectivity index (χ1) is 15.0. The van der Waals surface area contributed by atoms with Crippen molar-refractivity contribution >= 4 is 22.6 Å². The molecule has 5 nitrogen and oxygen atoms in total. The van der Waals surface area contributed by atoms with Crippen LogP contribution >= 0.6 is 0 Å². The molecule has 2 amide bonds. The highest BCUT2D eigenvalue weighted by atomic mass is 32.2. The molecule has 1 aliphatic heterocycles. The van der Waals surface area contributed by atoms with E-state index in [0.29, 0.717) is 5.92 Å². The van der Waals surface area contributed by atoms with Crippen molar-refractivity contribution in [3.05, 3.63) is 57.9 Å². The minimum absolute atomic E-state index is 0.286. The van der Waals surface area contributed by atoms with Crippen LogP contribution in [0.4, 0.5) is 14.9 Å². The van der Waals surface area contributed by atoms with Crippen molar-refractivity contribution in [2.45, 2.75) is 55.8 Å².